The van der Waals surface area contributed by atoms with E-state index in [0.717, 1.165) is 0 Å². The molecule has 1 unspecified atom stereocenters. The first-order valence-electron chi connectivity index (χ1n) is 4.57. The van der Waals surface area contributed by atoms with Crippen molar-refractivity contribution in [3.8, 4) is 0 Å². The van der Waals surface area contributed by atoms with Crippen molar-refractivity contribution in [1.29, 1.82) is 0 Å². The van der Waals surface area contributed by atoms with E-state index in [2.05, 4.69) is 33.8 Å². The molecule has 0 saturated heterocycles. The smallest absolute Gasteiger partial charge is 0.00625 e. The first-order valence-corrected chi connectivity index (χ1v) is 4.57. The summed E-state index contributed by atoms with van der Waals surface area (Å²) >= 11 is 0. The van der Waals surface area contributed by atoms with Crippen LogP contribution in [0.3, 0.4) is 0 Å². The largest absolute Gasteiger partial charge is 0.405 e. The molecule has 0 aromatic rings. The van der Waals surface area contributed by atoms with Crippen molar-refractivity contribution >= 4 is 0 Å². The molecule has 0 aliphatic heterocycles. The summed E-state index contributed by atoms with van der Waals surface area (Å²) in [7, 11) is 0. The molecule has 0 fully saturated rings. The molecule has 0 spiro atoms. The summed E-state index contributed by atoms with van der Waals surface area (Å²) in [5, 5.41) is 0. The lowest BCUT2D eigenvalue weighted by Gasteiger charge is -2.26. The van der Waals surface area contributed by atoms with E-state index >= 15 is 0 Å². The molecule has 12 heavy (non-hydrogen) atoms. The van der Waals surface area contributed by atoms with Crippen LogP contribution >= 0.6 is 0 Å². The van der Waals surface area contributed by atoms with Gasteiger partial charge in [-0.25, -0.2) is 0 Å². The molecule has 0 radical (unpaired) electrons. The second kappa shape index (κ2) is 5.02. The second-order valence-electron chi connectivity index (χ2n) is 4.15. The van der Waals surface area contributed by atoms with Crippen LogP contribution in [-0.4, -0.2) is 0 Å². The Morgan fingerprint density at radius 1 is 1.25 bits per heavy atom. The highest BCUT2D eigenvalue weighted by Crippen LogP contribution is 2.29. The molecule has 2 N–H and O–H groups in total. The number of hydrogen-bond acceptors (Lipinski definition) is 1. The van der Waals surface area contributed by atoms with E-state index in [1.807, 2.05) is 12.2 Å². The van der Waals surface area contributed by atoms with Crippen molar-refractivity contribution in [2.75, 3.05) is 0 Å². The van der Waals surface area contributed by atoms with Gasteiger partial charge in [0.05, 0.1) is 0 Å². The maximum atomic E-state index is 5.23. The zero-order valence-corrected chi connectivity index (χ0v) is 8.67. The fraction of sp³-hybridized carbons (Fsp3) is 0.636. The maximum absolute atomic E-state index is 5.23. The standard InChI is InChI=1S/C11H21N/c1-5-10(11(2,3)4)8-6-7-9-12/h6-10H,5,12H2,1-4H3/b8-6-,9-7-. The number of rotatable bonds is 3. The number of hydrogen-bond donors (Lipinski definition) is 1. The fourth-order valence-electron chi connectivity index (χ4n) is 1.30. The third-order valence-electron chi connectivity index (χ3n) is 2.12. The molecule has 1 nitrogen and oxygen atoms in total. The lowest BCUT2D eigenvalue weighted by Crippen LogP contribution is -2.17. The summed E-state index contributed by atoms with van der Waals surface area (Å²) in [6.07, 6.45) is 8.86. The lowest BCUT2D eigenvalue weighted by molar-refractivity contribution is 0.286. The lowest BCUT2D eigenvalue weighted by atomic mass is 9.79. The van der Waals surface area contributed by atoms with Crippen LogP contribution in [-0.2, 0) is 0 Å². The van der Waals surface area contributed by atoms with Crippen LogP contribution in [0.15, 0.2) is 24.4 Å². The molecule has 0 aromatic carbocycles. The number of nitrogens with two attached hydrogens (primary N) is 1. The molecule has 0 rings (SSSR count). The monoisotopic (exact) mass is 167 g/mol. The molecule has 0 amide bonds. The molecule has 0 aliphatic carbocycles. The van der Waals surface area contributed by atoms with Gasteiger partial charge in [-0.1, -0.05) is 39.8 Å². The van der Waals surface area contributed by atoms with Gasteiger partial charge >= 0.3 is 0 Å². The highest BCUT2D eigenvalue weighted by molar-refractivity contribution is 5.04. The second-order valence-corrected chi connectivity index (χ2v) is 4.15. The van der Waals surface area contributed by atoms with Gasteiger partial charge in [0.2, 0.25) is 0 Å². The van der Waals surface area contributed by atoms with Gasteiger partial charge in [0, 0.05) is 0 Å². The van der Waals surface area contributed by atoms with Crippen molar-refractivity contribution in [2.45, 2.75) is 34.1 Å². The van der Waals surface area contributed by atoms with Crippen LogP contribution in [0.2, 0.25) is 0 Å². The highest BCUT2D eigenvalue weighted by atomic mass is 14.5. The third kappa shape index (κ3) is 4.22. The fourth-order valence-corrected chi connectivity index (χ4v) is 1.30. The molecular weight excluding hydrogens is 146 g/mol. The predicted molar refractivity (Wildman–Crippen MR) is 55.7 cm³/mol. The molecular formula is C11H21N. The minimum atomic E-state index is 0.355. The summed E-state index contributed by atoms with van der Waals surface area (Å²) in [6.45, 7) is 9.00. The highest BCUT2D eigenvalue weighted by Gasteiger charge is 2.19. The summed E-state index contributed by atoms with van der Waals surface area (Å²) in [6, 6.07) is 0. The first-order chi connectivity index (χ1) is 5.52. The average molecular weight is 167 g/mol. The Morgan fingerprint density at radius 3 is 2.17 bits per heavy atom. The summed E-state index contributed by atoms with van der Waals surface area (Å²) < 4.78 is 0. The Bertz CT molecular complexity index is 160. The van der Waals surface area contributed by atoms with Crippen molar-refractivity contribution < 1.29 is 0 Å². The van der Waals surface area contributed by atoms with Crippen molar-refractivity contribution in [1.82, 2.24) is 0 Å². The Kier molecular flexibility index (Phi) is 4.72. The third-order valence-corrected chi connectivity index (χ3v) is 2.12. The predicted octanol–water partition coefficient (Wildman–Crippen LogP) is 3.09. The molecule has 0 aromatic heterocycles. The quantitative estimate of drug-likeness (QED) is 0.642. The Hall–Kier alpha value is -0.720. The van der Waals surface area contributed by atoms with Crippen LogP contribution in [0, 0.1) is 11.3 Å². The van der Waals surface area contributed by atoms with E-state index < -0.39 is 0 Å². The molecule has 0 saturated carbocycles. The molecule has 1 atom stereocenters. The molecule has 0 bridgehead atoms. The zero-order valence-electron chi connectivity index (χ0n) is 8.67. The average Bonchev–Trinajstić information content (AvgIpc) is 1.95. The van der Waals surface area contributed by atoms with Gasteiger partial charge in [0.15, 0.2) is 0 Å². The Labute approximate surface area is 76.3 Å². The van der Waals surface area contributed by atoms with Crippen LogP contribution in [0.4, 0.5) is 0 Å². The topological polar surface area (TPSA) is 26.0 Å². The van der Waals surface area contributed by atoms with Gasteiger partial charge in [-0.15, -0.1) is 0 Å². The van der Waals surface area contributed by atoms with Gasteiger partial charge in [0.1, 0.15) is 0 Å². The van der Waals surface area contributed by atoms with Crippen LogP contribution in [0.25, 0.3) is 0 Å². The Morgan fingerprint density at radius 2 is 1.83 bits per heavy atom. The van der Waals surface area contributed by atoms with Crippen LogP contribution in [0.1, 0.15) is 34.1 Å². The minimum absolute atomic E-state index is 0.355. The van der Waals surface area contributed by atoms with Gasteiger partial charge in [-0.3, -0.25) is 0 Å². The van der Waals surface area contributed by atoms with Crippen molar-refractivity contribution in [3.05, 3.63) is 24.4 Å². The molecule has 0 aliphatic rings. The van der Waals surface area contributed by atoms with E-state index in [-0.39, 0.29) is 0 Å². The van der Waals surface area contributed by atoms with E-state index in [9.17, 15) is 0 Å². The van der Waals surface area contributed by atoms with Gasteiger partial charge < -0.3 is 5.73 Å². The van der Waals surface area contributed by atoms with E-state index in [1.165, 1.54) is 6.42 Å². The molecule has 1 heteroatoms. The Balaban J connectivity index is 4.18. The zero-order chi connectivity index (χ0) is 9.61. The van der Waals surface area contributed by atoms with Gasteiger partial charge in [-0.2, -0.15) is 0 Å². The van der Waals surface area contributed by atoms with E-state index in [1.54, 1.807) is 6.20 Å². The number of allylic oxidation sites excluding steroid dienone is 3. The van der Waals surface area contributed by atoms with Crippen LogP contribution < -0.4 is 5.73 Å². The summed E-state index contributed by atoms with van der Waals surface area (Å²) in [5.41, 5.74) is 5.59. The molecule has 0 heterocycles. The van der Waals surface area contributed by atoms with Crippen molar-refractivity contribution in [2.24, 2.45) is 17.1 Å². The first kappa shape index (κ1) is 11.3. The van der Waals surface area contributed by atoms with Gasteiger partial charge in [-0.05, 0) is 30.0 Å². The SMILES string of the molecule is CCC(/C=C\C=C/N)C(C)(C)C. The minimum Gasteiger partial charge on any atom is -0.405 e. The van der Waals surface area contributed by atoms with Gasteiger partial charge in [0.25, 0.3) is 0 Å². The van der Waals surface area contributed by atoms with E-state index in [4.69, 9.17) is 5.73 Å². The maximum Gasteiger partial charge on any atom is -0.00625 e. The van der Waals surface area contributed by atoms with Crippen molar-refractivity contribution in [3.63, 3.8) is 0 Å². The normalized spacial score (nSPS) is 16.0. The summed E-state index contributed by atoms with van der Waals surface area (Å²) in [5.74, 6) is 0.633. The molecule has 70 valence electrons. The van der Waals surface area contributed by atoms with Crippen LogP contribution in [0.5, 0.6) is 0 Å². The summed E-state index contributed by atoms with van der Waals surface area (Å²) in [4.78, 5) is 0. The van der Waals surface area contributed by atoms with E-state index in [0.29, 0.717) is 11.3 Å².